The topological polar surface area (TPSA) is 75.7 Å². The van der Waals surface area contributed by atoms with Crippen LogP contribution in [-0.2, 0) is 20.6 Å². The van der Waals surface area contributed by atoms with Gasteiger partial charge in [0.05, 0.1) is 11.9 Å². The summed E-state index contributed by atoms with van der Waals surface area (Å²) in [5, 5.41) is 3.30. The third-order valence-electron chi connectivity index (χ3n) is 4.81. The summed E-state index contributed by atoms with van der Waals surface area (Å²) in [5.74, 6) is 1.74. The molecule has 0 aromatic heterocycles. The first-order chi connectivity index (χ1) is 14.3. The van der Waals surface area contributed by atoms with Crippen LogP contribution in [0.4, 0.5) is 5.69 Å². The zero-order chi connectivity index (χ0) is 21.7. The number of hydrogen-bond donors (Lipinski definition) is 1. The third-order valence-corrected chi connectivity index (χ3v) is 7.23. The minimum Gasteiger partial charge on any atom is -0.478 e. The van der Waals surface area contributed by atoms with Crippen molar-refractivity contribution in [3.63, 3.8) is 0 Å². The highest BCUT2D eigenvalue weighted by Crippen LogP contribution is 2.36. The summed E-state index contributed by atoms with van der Waals surface area (Å²) in [5.41, 5.74) is 2.90. The molecule has 30 heavy (non-hydrogen) atoms. The Hall–Kier alpha value is -1.90. The molecule has 0 unspecified atom stereocenters. The average Bonchev–Trinajstić information content (AvgIpc) is 2.88. The van der Waals surface area contributed by atoms with Crippen molar-refractivity contribution in [2.45, 2.75) is 25.2 Å². The first-order valence-corrected chi connectivity index (χ1v) is 13.0. The number of halogens is 1. The zero-order valence-corrected chi connectivity index (χ0v) is 19.3. The van der Waals surface area contributed by atoms with Gasteiger partial charge in [-0.05, 0) is 36.2 Å². The van der Waals surface area contributed by atoms with Gasteiger partial charge in [-0.2, -0.15) is 11.8 Å². The minimum atomic E-state index is -3.52. The highest BCUT2D eigenvalue weighted by molar-refractivity contribution is 7.98. The van der Waals surface area contributed by atoms with Gasteiger partial charge in [-0.1, -0.05) is 35.9 Å². The van der Waals surface area contributed by atoms with Crippen molar-refractivity contribution in [3.05, 3.63) is 58.6 Å². The second kappa shape index (κ2) is 9.94. The van der Waals surface area contributed by atoms with Crippen molar-refractivity contribution in [1.29, 1.82) is 0 Å². The number of sulfonamides is 1. The second-order valence-corrected chi connectivity index (χ2v) is 10.6. The molecule has 1 heterocycles. The molecule has 1 aliphatic rings. The Balaban J connectivity index is 1.56. The van der Waals surface area contributed by atoms with E-state index in [0.717, 1.165) is 17.8 Å². The number of fused-ring (bicyclic) bond motifs is 1. The molecule has 1 amide bonds. The van der Waals surface area contributed by atoms with Crippen LogP contribution in [0.3, 0.4) is 0 Å². The number of ether oxygens (including phenoxy) is 1. The molecule has 3 rings (SSSR count). The molecule has 1 N–H and O–H groups in total. The maximum absolute atomic E-state index is 12.6. The standard InChI is InChI=1S/C21H25ClN2O4S2/c1-15-5-3-4-6-16(15)14-29-12-10-23-21(25)20-9-11-24(30(2,26)27)18-13-17(22)7-8-19(18)28-20/h3-8,13,20H,9-12,14H2,1-2H3,(H,23,25)/t20-/m0/s1. The summed E-state index contributed by atoms with van der Waals surface area (Å²) in [7, 11) is -3.52. The maximum Gasteiger partial charge on any atom is 0.261 e. The number of aryl methyl sites for hydroxylation is 1. The van der Waals surface area contributed by atoms with Crippen molar-refractivity contribution < 1.29 is 17.9 Å². The van der Waals surface area contributed by atoms with Gasteiger partial charge in [0.1, 0.15) is 5.75 Å². The number of nitrogens with zero attached hydrogens (tertiary/aromatic N) is 1. The molecule has 2 aromatic rings. The molecule has 6 nitrogen and oxygen atoms in total. The molecular formula is C21H25ClN2O4S2. The SMILES string of the molecule is Cc1ccccc1CSCCNC(=O)[C@@H]1CCN(S(C)(=O)=O)c2cc(Cl)ccc2O1. The van der Waals surface area contributed by atoms with E-state index in [4.69, 9.17) is 16.3 Å². The Morgan fingerprint density at radius 3 is 2.80 bits per heavy atom. The van der Waals surface area contributed by atoms with Gasteiger partial charge in [0.25, 0.3) is 5.91 Å². The lowest BCUT2D eigenvalue weighted by atomic mass is 10.1. The van der Waals surface area contributed by atoms with Crippen molar-refractivity contribution in [2.75, 3.05) is 29.4 Å². The normalized spacial score (nSPS) is 16.4. The molecule has 0 fully saturated rings. The predicted molar refractivity (Wildman–Crippen MR) is 123 cm³/mol. The van der Waals surface area contributed by atoms with Crippen LogP contribution in [0.15, 0.2) is 42.5 Å². The van der Waals surface area contributed by atoms with E-state index in [1.54, 1.807) is 30.0 Å². The predicted octanol–water partition coefficient (Wildman–Crippen LogP) is 3.62. The van der Waals surface area contributed by atoms with Gasteiger partial charge >= 0.3 is 0 Å². The molecule has 0 radical (unpaired) electrons. The summed E-state index contributed by atoms with van der Waals surface area (Å²) in [4.78, 5) is 12.6. The van der Waals surface area contributed by atoms with Crippen molar-refractivity contribution in [2.24, 2.45) is 0 Å². The van der Waals surface area contributed by atoms with E-state index in [0.29, 0.717) is 23.0 Å². The van der Waals surface area contributed by atoms with E-state index in [1.165, 1.54) is 15.4 Å². The van der Waals surface area contributed by atoms with E-state index in [2.05, 4.69) is 24.4 Å². The Morgan fingerprint density at radius 1 is 1.30 bits per heavy atom. The third kappa shape index (κ3) is 5.83. The van der Waals surface area contributed by atoms with Gasteiger partial charge in [-0.15, -0.1) is 0 Å². The minimum absolute atomic E-state index is 0.145. The van der Waals surface area contributed by atoms with Crippen LogP contribution in [0.2, 0.25) is 5.02 Å². The summed E-state index contributed by atoms with van der Waals surface area (Å²) >= 11 is 7.79. The van der Waals surface area contributed by atoms with Gasteiger partial charge in [-0.3, -0.25) is 9.10 Å². The Labute approximate surface area is 187 Å². The first-order valence-electron chi connectivity index (χ1n) is 9.59. The molecular weight excluding hydrogens is 444 g/mol. The van der Waals surface area contributed by atoms with Gasteiger partial charge in [0.15, 0.2) is 6.10 Å². The van der Waals surface area contributed by atoms with Crippen LogP contribution in [0.25, 0.3) is 0 Å². The number of amides is 1. The fraction of sp³-hybridized carbons (Fsp3) is 0.381. The quantitative estimate of drug-likeness (QED) is 0.628. The summed E-state index contributed by atoms with van der Waals surface area (Å²) in [6.45, 7) is 2.75. The fourth-order valence-electron chi connectivity index (χ4n) is 3.20. The van der Waals surface area contributed by atoms with Crippen LogP contribution < -0.4 is 14.4 Å². The van der Waals surface area contributed by atoms with Crippen LogP contribution >= 0.6 is 23.4 Å². The van der Waals surface area contributed by atoms with E-state index in [1.807, 2.05) is 12.1 Å². The molecule has 0 spiro atoms. The lowest BCUT2D eigenvalue weighted by Crippen LogP contribution is -2.40. The molecule has 1 atom stereocenters. The highest BCUT2D eigenvalue weighted by atomic mass is 35.5. The van der Waals surface area contributed by atoms with Gasteiger partial charge < -0.3 is 10.1 Å². The van der Waals surface area contributed by atoms with Crippen molar-refractivity contribution in [3.8, 4) is 5.75 Å². The number of thioether (sulfide) groups is 1. The van der Waals surface area contributed by atoms with Gasteiger partial charge in [0, 0.05) is 36.0 Å². The number of rotatable bonds is 7. The van der Waals surface area contributed by atoms with Crippen LogP contribution in [0, 0.1) is 6.92 Å². The Kier molecular flexibility index (Phi) is 7.55. The Morgan fingerprint density at radius 2 is 2.07 bits per heavy atom. The van der Waals surface area contributed by atoms with Gasteiger partial charge in [0.2, 0.25) is 10.0 Å². The van der Waals surface area contributed by atoms with Crippen LogP contribution in [0.1, 0.15) is 17.5 Å². The molecule has 0 saturated heterocycles. The largest absolute Gasteiger partial charge is 0.478 e. The van der Waals surface area contributed by atoms with E-state index >= 15 is 0 Å². The molecule has 2 aromatic carbocycles. The number of carbonyl (C=O) groups excluding carboxylic acids is 1. The molecule has 0 bridgehead atoms. The second-order valence-electron chi connectivity index (χ2n) is 7.11. The zero-order valence-electron chi connectivity index (χ0n) is 16.9. The maximum atomic E-state index is 12.6. The van der Waals surface area contributed by atoms with Gasteiger partial charge in [-0.25, -0.2) is 8.42 Å². The average molecular weight is 469 g/mol. The molecule has 0 saturated carbocycles. The monoisotopic (exact) mass is 468 g/mol. The number of carbonyl (C=O) groups is 1. The highest BCUT2D eigenvalue weighted by Gasteiger charge is 2.31. The summed E-state index contributed by atoms with van der Waals surface area (Å²) in [6.07, 6.45) is 0.615. The van der Waals surface area contributed by atoms with Crippen molar-refractivity contribution in [1.82, 2.24) is 5.32 Å². The van der Waals surface area contributed by atoms with Crippen LogP contribution in [0.5, 0.6) is 5.75 Å². The first kappa shape index (κ1) is 22.8. The number of hydrogen-bond acceptors (Lipinski definition) is 5. The molecule has 9 heteroatoms. The molecule has 1 aliphatic heterocycles. The fourth-order valence-corrected chi connectivity index (χ4v) is 5.23. The lowest BCUT2D eigenvalue weighted by molar-refractivity contribution is -0.127. The smallest absolute Gasteiger partial charge is 0.261 e. The Bertz CT molecular complexity index is 1010. The summed E-state index contributed by atoms with van der Waals surface area (Å²) < 4.78 is 31.5. The summed E-state index contributed by atoms with van der Waals surface area (Å²) in [6, 6.07) is 13.0. The van der Waals surface area contributed by atoms with E-state index in [-0.39, 0.29) is 18.9 Å². The number of anilines is 1. The van der Waals surface area contributed by atoms with E-state index < -0.39 is 16.1 Å². The molecule has 162 valence electrons. The number of benzene rings is 2. The van der Waals surface area contributed by atoms with E-state index in [9.17, 15) is 13.2 Å². The number of nitrogens with one attached hydrogen (secondary N) is 1. The lowest BCUT2D eigenvalue weighted by Gasteiger charge is -2.21. The van der Waals surface area contributed by atoms with Crippen molar-refractivity contribution >= 4 is 45.0 Å². The van der Waals surface area contributed by atoms with Crippen LogP contribution in [-0.4, -0.2) is 45.5 Å². The molecule has 0 aliphatic carbocycles.